The molecule has 0 unspecified atom stereocenters. The molecule has 0 aromatic heterocycles. The number of hydrogen-bond acceptors (Lipinski definition) is 4. The number of nitrogen functional groups attached to an aromatic ring is 1. The second-order valence-corrected chi connectivity index (χ2v) is 4.23. The van der Waals surface area contributed by atoms with Crippen molar-refractivity contribution in [3.05, 3.63) is 42.0 Å². The molecule has 0 aliphatic heterocycles. The Morgan fingerprint density at radius 2 is 1.26 bits per heavy atom. The number of anilines is 1. The van der Waals surface area contributed by atoms with Gasteiger partial charge in [0.2, 0.25) is 0 Å². The highest BCUT2D eigenvalue weighted by Crippen LogP contribution is 2.31. The van der Waals surface area contributed by atoms with Crippen LogP contribution in [-0.4, -0.2) is 14.2 Å². The normalized spacial score (nSPS) is 10.1. The quantitative estimate of drug-likeness (QED) is 0.855. The van der Waals surface area contributed by atoms with Gasteiger partial charge in [-0.1, -0.05) is 0 Å². The van der Waals surface area contributed by atoms with Crippen LogP contribution in [-0.2, 0) is 0 Å². The molecule has 0 fully saturated rings. The maximum atomic E-state index is 5.80. The predicted molar refractivity (Wildman–Crippen MR) is 75.2 cm³/mol. The molecule has 100 valence electrons. The van der Waals surface area contributed by atoms with E-state index in [1.807, 2.05) is 19.1 Å². The van der Waals surface area contributed by atoms with Gasteiger partial charge in [0, 0.05) is 30.0 Å². The van der Waals surface area contributed by atoms with Crippen molar-refractivity contribution in [2.24, 2.45) is 0 Å². The van der Waals surface area contributed by atoms with Crippen LogP contribution in [0.4, 0.5) is 5.69 Å². The van der Waals surface area contributed by atoms with Crippen LogP contribution in [0.15, 0.2) is 36.4 Å². The second kappa shape index (κ2) is 5.52. The molecule has 0 radical (unpaired) electrons. The number of aryl methyl sites for hydroxylation is 1. The summed E-state index contributed by atoms with van der Waals surface area (Å²) >= 11 is 0. The molecule has 0 aliphatic carbocycles. The minimum Gasteiger partial charge on any atom is -0.496 e. The van der Waals surface area contributed by atoms with E-state index in [-0.39, 0.29) is 0 Å². The first-order valence-electron chi connectivity index (χ1n) is 5.89. The molecule has 2 aromatic rings. The van der Waals surface area contributed by atoms with Crippen LogP contribution < -0.4 is 19.9 Å². The fourth-order valence-corrected chi connectivity index (χ4v) is 1.81. The van der Waals surface area contributed by atoms with Gasteiger partial charge in [-0.25, -0.2) is 0 Å². The molecule has 0 saturated carbocycles. The highest BCUT2D eigenvalue weighted by Gasteiger charge is 2.05. The molecule has 4 nitrogen and oxygen atoms in total. The summed E-state index contributed by atoms with van der Waals surface area (Å²) in [5, 5.41) is 0. The Labute approximate surface area is 112 Å². The molecule has 0 bridgehead atoms. The maximum Gasteiger partial charge on any atom is 0.134 e. The fraction of sp³-hybridized carbons (Fsp3) is 0.200. The highest BCUT2D eigenvalue weighted by molar-refractivity contribution is 5.50. The van der Waals surface area contributed by atoms with Crippen molar-refractivity contribution in [3.63, 3.8) is 0 Å². The van der Waals surface area contributed by atoms with Crippen LogP contribution in [0.25, 0.3) is 0 Å². The lowest BCUT2D eigenvalue weighted by molar-refractivity contribution is 0.386. The van der Waals surface area contributed by atoms with Crippen LogP contribution in [0.1, 0.15) is 5.56 Å². The minimum absolute atomic E-state index is 0.640. The van der Waals surface area contributed by atoms with Crippen molar-refractivity contribution < 1.29 is 14.2 Å². The van der Waals surface area contributed by atoms with Crippen molar-refractivity contribution in [2.45, 2.75) is 6.92 Å². The van der Waals surface area contributed by atoms with Gasteiger partial charge < -0.3 is 19.9 Å². The van der Waals surface area contributed by atoms with E-state index in [9.17, 15) is 0 Å². The largest absolute Gasteiger partial charge is 0.496 e. The van der Waals surface area contributed by atoms with Gasteiger partial charge >= 0.3 is 0 Å². The molecule has 0 amide bonds. The fourth-order valence-electron chi connectivity index (χ4n) is 1.81. The van der Waals surface area contributed by atoms with Crippen LogP contribution in [0.3, 0.4) is 0 Å². The van der Waals surface area contributed by atoms with E-state index < -0.39 is 0 Å². The SMILES string of the molecule is COc1cc(OC)cc(Oc2cc(C)cc(N)c2)c1. The zero-order valence-electron chi connectivity index (χ0n) is 11.3. The lowest BCUT2D eigenvalue weighted by Gasteiger charge is -2.11. The number of ether oxygens (including phenoxy) is 3. The topological polar surface area (TPSA) is 53.7 Å². The molecular formula is C15H17NO3. The number of hydrogen-bond donors (Lipinski definition) is 1. The average Bonchev–Trinajstić information content (AvgIpc) is 2.37. The number of nitrogens with two attached hydrogens (primary N) is 1. The average molecular weight is 259 g/mol. The van der Waals surface area contributed by atoms with E-state index in [0.29, 0.717) is 28.7 Å². The second-order valence-electron chi connectivity index (χ2n) is 4.23. The predicted octanol–water partition coefficient (Wildman–Crippen LogP) is 3.39. The molecule has 4 heteroatoms. The molecule has 0 spiro atoms. The number of benzene rings is 2. The lowest BCUT2D eigenvalue weighted by Crippen LogP contribution is -1.92. The summed E-state index contributed by atoms with van der Waals surface area (Å²) < 4.78 is 16.2. The van der Waals surface area contributed by atoms with E-state index in [1.54, 1.807) is 38.5 Å². The van der Waals surface area contributed by atoms with Gasteiger partial charge in [-0.2, -0.15) is 0 Å². The van der Waals surface area contributed by atoms with Crippen molar-refractivity contribution in [3.8, 4) is 23.0 Å². The van der Waals surface area contributed by atoms with E-state index in [4.69, 9.17) is 19.9 Å². The summed E-state index contributed by atoms with van der Waals surface area (Å²) in [5.74, 6) is 2.68. The third kappa shape index (κ3) is 3.31. The van der Waals surface area contributed by atoms with Crippen molar-refractivity contribution in [1.82, 2.24) is 0 Å². The molecule has 19 heavy (non-hydrogen) atoms. The lowest BCUT2D eigenvalue weighted by atomic mass is 10.2. The van der Waals surface area contributed by atoms with Gasteiger partial charge in [0.1, 0.15) is 23.0 Å². The summed E-state index contributed by atoms with van der Waals surface area (Å²) in [6, 6.07) is 11.0. The summed E-state index contributed by atoms with van der Waals surface area (Å²) in [6.45, 7) is 1.97. The van der Waals surface area contributed by atoms with E-state index in [2.05, 4.69) is 0 Å². The zero-order chi connectivity index (χ0) is 13.8. The summed E-state index contributed by atoms with van der Waals surface area (Å²) in [7, 11) is 3.20. The number of rotatable bonds is 4. The van der Waals surface area contributed by atoms with Gasteiger partial charge in [-0.15, -0.1) is 0 Å². The van der Waals surface area contributed by atoms with Gasteiger partial charge in [0.15, 0.2) is 0 Å². The minimum atomic E-state index is 0.640. The molecular weight excluding hydrogens is 242 g/mol. The van der Waals surface area contributed by atoms with Crippen molar-refractivity contribution >= 4 is 5.69 Å². The molecule has 0 aliphatic rings. The Morgan fingerprint density at radius 1 is 0.737 bits per heavy atom. The van der Waals surface area contributed by atoms with Gasteiger partial charge in [0.05, 0.1) is 14.2 Å². The first-order valence-corrected chi connectivity index (χ1v) is 5.89. The van der Waals surface area contributed by atoms with Gasteiger partial charge in [-0.3, -0.25) is 0 Å². The molecule has 0 atom stereocenters. The van der Waals surface area contributed by atoms with Crippen LogP contribution in [0.5, 0.6) is 23.0 Å². The van der Waals surface area contributed by atoms with Crippen LogP contribution in [0, 0.1) is 6.92 Å². The third-order valence-electron chi connectivity index (χ3n) is 2.63. The highest BCUT2D eigenvalue weighted by atomic mass is 16.5. The Balaban J connectivity index is 2.31. The molecule has 2 N–H and O–H groups in total. The first-order chi connectivity index (χ1) is 9.10. The van der Waals surface area contributed by atoms with Crippen molar-refractivity contribution in [1.29, 1.82) is 0 Å². The zero-order valence-corrected chi connectivity index (χ0v) is 11.3. The third-order valence-corrected chi connectivity index (χ3v) is 2.63. The van der Waals surface area contributed by atoms with Gasteiger partial charge in [0.25, 0.3) is 0 Å². The monoisotopic (exact) mass is 259 g/mol. The Bertz CT molecular complexity index is 539. The van der Waals surface area contributed by atoms with E-state index >= 15 is 0 Å². The summed E-state index contributed by atoms with van der Waals surface area (Å²) in [6.07, 6.45) is 0. The summed E-state index contributed by atoms with van der Waals surface area (Å²) in [5.41, 5.74) is 7.51. The van der Waals surface area contributed by atoms with Crippen LogP contribution in [0.2, 0.25) is 0 Å². The molecule has 2 aromatic carbocycles. The van der Waals surface area contributed by atoms with Gasteiger partial charge in [-0.05, 0) is 24.6 Å². The number of methoxy groups -OCH3 is 2. The van der Waals surface area contributed by atoms with Crippen molar-refractivity contribution in [2.75, 3.05) is 20.0 Å². The maximum absolute atomic E-state index is 5.80. The Kier molecular flexibility index (Phi) is 3.80. The summed E-state index contributed by atoms with van der Waals surface area (Å²) in [4.78, 5) is 0. The van der Waals surface area contributed by atoms with E-state index in [0.717, 1.165) is 5.56 Å². The molecule has 0 heterocycles. The smallest absolute Gasteiger partial charge is 0.134 e. The first kappa shape index (κ1) is 13.1. The van der Waals surface area contributed by atoms with Crippen LogP contribution >= 0.6 is 0 Å². The van der Waals surface area contributed by atoms with E-state index in [1.165, 1.54) is 0 Å². The Hall–Kier alpha value is -2.36. The molecule has 2 rings (SSSR count). The standard InChI is InChI=1S/C15H17NO3/c1-10-4-11(16)6-14(5-10)19-15-8-12(17-2)7-13(9-15)18-3/h4-9H,16H2,1-3H3. The Morgan fingerprint density at radius 3 is 1.79 bits per heavy atom. The molecule has 0 saturated heterocycles.